The molecule has 6 heteroatoms. The number of benzene rings is 1. The maximum atomic E-state index is 12.5. The van der Waals surface area contributed by atoms with Crippen molar-refractivity contribution in [2.24, 2.45) is 0 Å². The topological polar surface area (TPSA) is 46.2 Å². The Morgan fingerprint density at radius 1 is 1.28 bits per heavy atom. The van der Waals surface area contributed by atoms with E-state index in [0.29, 0.717) is 17.0 Å². The van der Waals surface area contributed by atoms with E-state index in [1.54, 1.807) is 19.2 Å². The normalized spacial score (nSPS) is 25.1. The van der Waals surface area contributed by atoms with Crippen molar-refractivity contribution < 1.29 is 8.42 Å². The molecule has 1 heterocycles. The van der Waals surface area contributed by atoms with E-state index in [1.807, 2.05) is 6.92 Å². The average Bonchev–Trinajstić information content (AvgIpc) is 2.54. The second-order valence-corrected chi connectivity index (χ2v) is 7.33. The van der Waals surface area contributed by atoms with Gasteiger partial charge in [0.2, 0.25) is 0 Å². The van der Waals surface area contributed by atoms with Gasteiger partial charge in [-0.2, -0.15) is 0 Å². The first-order valence-electron chi connectivity index (χ1n) is 5.84. The van der Waals surface area contributed by atoms with Gasteiger partial charge in [0.15, 0.2) is 9.84 Å². The number of sulfone groups is 1. The van der Waals surface area contributed by atoms with Crippen LogP contribution in [0.4, 0.5) is 0 Å². The molecule has 0 bridgehead atoms. The summed E-state index contributed by atoms with van der Waals surface area (Å²) >= 11 is 12.2. The van der Waals surface area contributed by atoms with Crippen molar-refractivity contribution in [3.63, 3.8) is 0 Å². The first-order chi connectivity index (χ1) is 8.45. The summed E-state index contributed by atoms with van der Waals surface area (Å²) < 4.78 is 25.1. The predicted molar refractivity (Wildman–Crippen MR) is 74.1 cm³/mol. The third-order valence-corrected chi connectivity index (χ3v) is 6.42. The van der Waals surface area contributed by atoms with Crippen LogP contribution in [0.15, 0.2) is 17.0 Å². The van der Waals surface area contributed by atoms with Gasteiger partial charge in [0.05, 0.1) is 21.2 Å². The summed E-state index contributed by atoms with van der Waals surface area (Å²) in [5.74, 6) is 0. The molecule has 0 fully saturated rings. The van der Waals surface area contributed by atoms with Crippen LogP contribution in [0.25, 0.3) is 0 Å². The Labute approximate surface area is 117 Å². The molecular weight excluding hydrogens is 293 g/mol. The third kappa shape index (κ3) is 1.95. The maximum Gasteiger partial charge on any atom is 0.184 e. The van der Waals surface area contributed by atoms with E-state index in [9.17, 15) is 8.42 Å². The lowest BCUT2D eigenvalue weighted by Gasteiger charge is -2.18. The predicted octanol–water partition coefficient (Wildman–Crippen LogP) is 3.21. The van der Waals surface area contributed by atoms with Gasteiger partial charge in [-0.15, -0.1) is 0 Å². The third-order valence-electron chi connectivity index (χ3n) is 3.34. The molecule has 0 amide bonds. The zero-order valence-electron chi connectivity index (χ0n) is 10.2. The Balaban J connectivity index is 2.72. The lowest BCUT2D eigenvalue weighted by atomic mass is 10.0. The van der Waals surface area contributed by atoms with Crippen LogP contribution in [0.1, 0.15) is 31.4 Å². The highest BCUT2D eigenvalue weighted by Gasteiger charge is 2.46. The van der Waals surface area contributed by atoms with Gasteiger partial charge >= 0.3 is 0 Å². The first kappa shape index (κ1) is 14.1. The van der Waals surface area contributed by atoms with E-state index >= 15 is 0 Å². The highest BCUT2D eigenvalue weighted by molar-refractivity contribution is 7.92. The monoisotopic (exact) mass is 307 g/mol. The highest BCUT2D eigenvalue weighted by Crippen LogP contribution is 2.47. The van der Waals surface area contributed by atoms with Crippen LogP contribution in [0, 0.1) is 0 Å². The highest BCUT2D eigenvalue weighted by atomic mass is 35.5. The van der Waals surface area contributed by atoms with Crippen molar-refractivity contribution in [3.8, 4) is 0 Å². The molecule has 0 saturated heterocycles. The first-order valence-corrected chi connectivity index (χ1v) is 8.14. The molecule has 0 aliphatic carbocycles. The summed E-state index contributed by atoms with van der Waals surface area (Å²) in [6.07, 6.45) is 1.39. The van der Waals surface area contributed by atoms with Gasteiger partial charge in [-0.25, -0.2) is 8.42 Å². The Hall–Kier alpha value is -0.290. The smallest absolute Gasteiger partial charge is 0.184 e. The molecule has 3 nitrogen and oxygen atoms in total. The number of hydrogen-bond donors (Lipinski definition) is 1. The zero-order valence-corrected chi connectivity index (χ0v) is 12.5. The number of fused-ring (bicyclic) bond motifs is 1. The molecule has 0 saturated carbocycles. The molecule has 1 aliphatic heterocycles. The minimum Gasteiger partial charge on any atom is -0.312 e. The van der Waals surface area contributed by atoms with Crippen LogP contribution in [0.2, 0.25) is 10.0 Å². The van der Waals surface area contributed by atoms with Gasteiger partial charge in [-0.3, -0.25) is 0 Å². The minimum atomic E-state index is -3.40. The maximum absolute atomic E-state index is 12.5. The SMILES string of the molecule is CCCC1C(NC)c2c(Cl)ccc(Cl)c2S1(=O)=O. The van der Waals surface area contributed by atoms with Crippen LogP contribution < -0.4 is 5.32 Å². The van der Waals surface area contributed by atoms with E-state index in [0.717, 1.165) is 6.42 Å². The molecule has 1 aliphatic rings. The molecule has 1 N–H and O–H groups in total. The summed E-state index contributed by atoms with van der Waals surface area (Å²) in [6, 6.07) is 2.91. The molecule has 1 aromatic rings. The molecule has 2 rings (SSSR count). The fourth-order valence-electron chi connectivity index (χ4n) is 2.58. The van der Waals surface area contributed by atoms with Crippen molar-refractivity contribution in [2.45, 2.75) is 36.0 Å². The van der Waals surface area contributed by atoms with Gasteiger partial charge in [0.1, 0.15) is 0 Å². The largest absolute Gasteiger partial charge is 0.312 e. The van der Waals surface area contributed by atoms with Gasteiger partial charge < -0.3 is 5.32 Å². The lowest BCUT2D eigenvalue weighted by molar-refractivity contribution is 0.514. The van der Waals surface area contributed by atoms with Crippen molar-refractivity contribution in [2.75, 3.05) is 7.05 Å². The number of rotatable bonds is 3. The summed E-state index contributed by atoms with van der Waals surface area (Å²) in [5.41, 5.74) is 0.616. The van der Waals surface area contributed by atoms with Crippen molar-refractivity contribution >= 4 is 33.0 Å². The fraction of sp³-hybridized carbons (Fsp3) is 0.500. The summed E-state index contributed by atoms with van der Waals surface area (Å²) in [5, 5.41) is 3.28. The van der Waals surface area contributed by atoms with Crippen molar-refractivity contribution in [1.29, 1.82) is 0 Å². The van der Waals surface area contributed by atoms with E-state index < -0.39 is 15.1 Å². The lowest BCUT2D eigenvalue weighted by Crippen LogP contribution is -2.29. The van der Waals surface area contributed by atoms with E-state index in [4.69, 9.17) is 23.2 Å². The molecule has 2 unspecified atom stereocenters. The molecular formula is C12H15Cl2NO2S. The van der Waals surface area contributed by atoms with E-state index in [1.165, 1.54) is 0 Å². The van der Waals surface area contributed by atoms with Crippen molar-refractivity contribution in [3.05, 3.63) is 27.7 Å². The minimum absolute atomic E-state index is 0.203. The molecule has 1 aromatic carbocycles. The second kappa shape index (κ2) is 5.00. The Morgan fingerprint density at radius 2 is 1.89 bits per heavy atom. The molecule has 0 radical (unpaired) electrons. The number of nitrogens with one attached hydrogen (secondary N) is 1. The van der Waals surface area contributed by atoms with Crippen LogP contribution in [0.3, 0.4) is 0 Å². The standard InChI is InChI=1S/C12H15Cl2NO2S/c1-3-4-9-11(15-2)10-7(13)5-6-8(14)12(10)18(9,16)17/h5-6,9,11,15H,3-4H2,1-2H3. The fourth-order valence-corrected chi connectivity index (χ4v) is 5.76. The Bertz CT molecular complexity index is 572. The van der Waals surface area contributed by atoms with Gasteiger partial charge in [0, 0.05) is 10.6 Å². The van der Waals surface area contributed by atoms with Gasteiger partial charge in [0.25, 0.3) is 0 Å². The molecule has 100 valence electrons. The summed E-state index contributed by atoms with van der Waals surface area (Å²) in [4.78, 5) is 0.203. The quantitative estimate of drug-likeness (QED) is 0.932. The molecule has 2 atom stereocenters. The zero-order chi connectivity index (χ0) is 13.5. The van der Waals surface area contributed by atoms with Crippen LogP contribution in [0.5, 0.6) is 0 Å². The molecule has 0 aromatic heterocycles. The second-order valence-electron chi connectivity index (χ2n) is 4.41. The summed E-state index contributed by atoms with van der Waals surface area (Å²) in [6.45, 7) is 1.97. The Morgan fingerprint density at radius 3 is 2.44 bits per heavy atom. The molecule has 0 spiro atoms. The van der Waals surface area contributed by atoms with Gasteiger partial charge in [-0.1, -0.05) is 36.5 Å². The Kier molecular flexibility index (Phi) is 3.93. The van der Waals surface area contributed by atoms with Crippen LogP contribution >= 0.6 is 23.2 Å². The summed E-state index contributed by atoms with van der Waals surface area (Å²) in [7, 11) is -1.66. The van der Waals surface area contributed by atoms with Crippen molar-refractivity contribution in [1.82, 2.24) is 5.32 Å². The van der Waals surface area contributed by atoms with E-state index in [-0.39, 0.29) is 16.0 Å². The number of halogens is 2. The number of hydrogen-bond acceptors (Lipinski definition) is 3. The average molecular weight is 308 g/mol. The van der Waals surface area contributed by atoms with Gasteiger partial charge in [-0.05, 0) is 25.6 Å². The van der Waals surface area contributed by atoms with Crippen LogP contribution in [-0.2, 0) is 9.84 Å². The van der Waals surface area contributed by atoms with Crippen LogP contribution in [-0.4, -0.2) is 20.7 Å². The van der Waals surface area contributed by atoms with E-state index in [2.05, 4.69) is 5.32 Å². The molecule has 18 heavy (non-hydrogen) atoms.